The summed E-state index contributed by atoms with van der Waals surface area (Å²) in [6, 6.07) is 0. The molecule has 6 heteroatoms. The highest BCUT2D eigenvalue weighted by atomic mass is 16.6. The summed E-state index contributed by atoms with van der Waals surface area (Å²) in [5.74, 6) is -3.87. The topological polar surface area (TPSA) is 86.7 Å². The van der Waals surface area contributed by atoms with Crippen LogP contribution < -0.4 is 0 Å². The number of hydrogen-bond donors (Lipinski definition) is 0. The fraction of sp³-hybridized carbons (Fsp3) is 0.529. The quantitative estimate of drug-likeness (QED) is 0.535. The van der Waals surface area contributed by atoms with E-state index in [1.807, 2.05) is 19.1 Å². The van der Waals surface area contributed by atoms with Gasteiger partial charge in [-0.05, 0) is 31.6 Å². The molecule has 5 unspecified atom stereocenters. The number of hydrogen-bond acceptors (Lipinski definition) is 6. The van der Waals surface area contributed by atoms with E-state index in [9.17, 15) is 19.2 Å². The van der Waals surface area contributed by atoms with Gasteiger partial charge in [-0.15, -0.1) is 0 Å². The highest BCUT2D eigenvalue weighted by molar-refractivity contribution is 5.99. The van der Waals surface area contributed by atoms with Crippen molar-refractivity contribution in [1.82, 2.24) is 0 Å². The third kappa shape index (κ3) is 2.08. The first kappa shape index (κ1) is 14.4. The van der Waals surface area contributed by atoms with Gasteiger partial charge in [0.2, 0.25) is 0 Å². The lowest BCUT2D eigenvalue weighted by Crippen LogP contribution is -2.41. The van der Waals surface area contributed by atoms with Crippen LogP contribution >= 0.6 is 0 Å². The Bertz CT molecular complexity index is 700. The molecule has 23 heavy (non-hydrogen) atoms. The van der Waals surface area contributed by atoms with E-state index in [4.69, 9.17) is 9.47 Å². The van der Waals surface area contributed by atoms with Crippen LogP contribution in [0.15, 0.2) is 23.3 Å². The molecule has 0 aromatic heterocycles. The molecule has 0 bridgehead atoms. The van der Waals surface area contributed by atoms with Gasteiger partial charge in [0, 0.05) is 0 Å². The average Bonchev–Trinajstić information content (AvgIpc) is 2.97. The van der Waals surface area contributed by atoms with Gasteiger partial charge in [-0.25, -0.2) is 0 Å². The van der Waals surface area contributed by atoms with Gasteiger partial charge in [0.05, 0.1) is 24.2 Å². The Labute approximate surface area is 132 Å². The van der Waals surface area contributed by atoms with Crippen molar-refractivity contribution in [3.05, 3.63) is 23.3 Å². The summed E-state index contributed by atoms with van der Waals surface area (Å²) in [7, 11) is 0. The smallest absolute Gasteiger partial charge is 0.321 e. The van der Waals surface area contributed by atoms with Crippen molar-refractivity contribution in [3.63, 3.8) is 0 Å². The number of cyclic esters (lactones) is 4. The first-order chi connectivity index (χ1) is 11.0. The van der Waals surface area contributed by atoms with Crippen LogP contribution in [0.3, 0.4) is 0 Å². The van der Waals surface area contributed by atoms with Gasteiger partial charge in [0.15, 0.2) is 0 Å². The number of carbonyl (C=O) groups excluding carboxylic acids is 4. The molecule has 120 valence electrons. The summed E-state index contributed by atoms with van der Waals surface area (Å²) >= 11 is 0. The lowest BCUT2D eigenvalue weighted by Gasteiger charge is -2.41. The minimum absolute atomic E-state index is 0.0249. The Balaban J connectivity index is 1.74. The number of esters is 4. The normalized spacial score (nSPS) is 39.3. The summed E-state index contributed by atoms with van der Waals surface area (Å²) in [4.78, 5) is 47.5. The van der Waals surface area contributed by atoms with E-state index in [1.54, 1.807) is 0 Å². The van der Waals surface area contributed by atoms with Crippen molar-refractivity contribution in [2.75, 3.05) is 0 Å². The number of allylic oxidation sites excluding steroid dienone is 3. The van der Waals surface area contributed by atoms with Gasteiger partial charge in [0.25, 0.3) is 0 Å². The molecule has 1 saturated carbocycles. The van der Waals surface area contributed by atoms with Gasteiger partial charge in [-0.2, -0.15) is 0 Å². The van der Waals surface area contributed by atoms with Gasteiger partial charge >= 0.3 is 23.9 Å². The van der Waals surface area contributed by atoms with Crippen molar-refractivity contribution in [1.29, 1.82) is 0 Å². The molecule has 2 aliphatic heterocycles. The summed E-state index contributed by atoms with van der Waals surface area (Å²) in [5.41, 5.74) is 2.01. The molecule has 3 fully saturated rings. The third-order valence-electron chi connectivity index (χ3n) is 5.51. The van der Waals surface area contributed by atoms with Crippen LogP contribution in [-0.4, -0.2) is 23.9 Å². The van der Waals surface area contributed by atoms with E-state index in [1.165, 1.54) is 0 Å². The summed E-state index contributed by atoms with van der Waals surface area (Å²) in [6.07, 6.45) is 4.99. The second kappa shape index (κ2) is 4.88. The van der Waals surface area contributed by atoms with Crippen LogP contribution in [0, 0.1) is 29.6 Å². The standard InChI is InChI=1S/C17H16O6/c1-7-2-3-8-9(4-7)10(11-6-13(18)22-15(11)19)5-12-14(8)17(21)23-16(12)20/h2-3,9-12,14H,4-6H2,1H3. The Hall–Kier alpha value is -2.24. The average molecular weight is 316 g/mol. The molecule has 0 amide bonds. The molecule has 2 saturated heterocycles. The van der Waals surface area contributed by atoms with Gasteiger partial charge in [0.1, 0.15) is 0 Å². The Morgan fingerprint density at radius 3 is 2.30 bits per heavy atom. The molecule has 4 rings (SSSR count). The van der Waals surface area contributed by atoms with Crippen LogP contribution in [0.5, 0.6) is 0 Å². The van der Waals surface area contributed by atoms with E-state index >= 15 is 0 Å². The van der Waals surface area contributed by atoms with Gasteiger partial charge in [-0.3, -0.25) is 19.2 Å². The first-order valence-corrected chi connectivity index (χ1v) is 7.83. The molecule has 0 radical (unpaired) electrons. The Morgan fingerprint density at radius 2 is 1.61 bits per heavy atom. The summed E-state index contributed by atoms with van der Waals surface area (Å²) in [6.45, 7) is 1.99. The predicted octanol–water partition coefficient (Wildman–Crippen LogP) is 1.30. The first-order valence-electron chi connectivity index (χ1n) is 7.83. The van der Waals surface area contributed by atoms with E-state index in [0.29, 0.717) is 6.42 Å². The largest absolute Gasteiger partial charge is 0.393 e. The van der Waals surface area contributed by atoms with E-state index in [0.717, 1.165) is 17.6 Å². The minimum atomic E-state index is -0.551. The Morgan fingerprint density at radius 1 is 0.870 bits per heavy atom. The highest BCUT2D eigenvalue weighted by Gasteiger charge is 2.56. The van der Waals surface area contributed by atoms with E-state index in [-0.39, 0.29) is 18.3 Å². The predicted molar refractivity (Wildman–Crippen MR) is 75.3 cm³/mol. The van der Waals surface area contributed by atoms with Crippen LogP contribution in [0.2, 0.25) is 0 Å². The van der Waals surface area contributed by atoms with Crippen molar-refractivity contribution >= 4 is 23.9 Å². The molecule has 0 N–H and O–H groups in total. The zero-order valence-electron chi connectivity index (χ0n) is 12.6. The Kier molecular flexibility index (Phi) is 3.04. The number of carbonyl (C=O) groups is 4. The van der Waals surface area contributed by atoms with Gasteiger partial charge in [-0.1, -0.05) is 23.3 Å². The van der Waals surface area contributed by atoms with Gasteiger partial charge < -0.3 is 9.47 Å². The summed E-state index contributed by atoms with van der Waals surface area (Å²) in [5, 5.41) is 0. The van der Waals surface area contributed by atoms with Crippen molar-refractivity contribution in [2.45, 2.75) is 26.2 Å². The zero-order valence-corrected chi connectivity index (χ0v) is 12.6. The van der Waals surface area contributed by atoms with Crippen LogP contribution in [-0.2, 0) is 28.7 Å². The molecule has 0 spiro atoms. The maximum absolute atomic E-state index is 12.0. The maximum atomic E-state index is 12.0. The zero-order chi connectivity index (χ0) is 16.3. The monoisotopic (exact) mass is 316 g/mol. The molecular weight excluding hydrogens is 300 g/mol. The number of rotatable bonds is 1. The van der Waals surface area contributed by atoms with Crippen molar-refractivity contribution < 1.29 is 28.7 Å². The van der Waals surface area contributed by atoms with Crippen molar-refractivity contribution in [3.8, 4) is 0 Å². The number of ether oxygens (including phenoxy) is 2. The fourth-order valence-corrected chi connectivity index (χ4v) is 4.49. The van der Waals surface area contributed by atoms with Crippen LogP contribution in [0.4, 0.5) is 0 Å². The number of fused-ring (bicyclic) bond motifs is 3. The second-order valence-electron chi connectivity index (χ2n) is 6.82. The SMILES string of the molecule is CC1=CC=C2C(C1)C(C1CC(=O)OC1=O)CC1C(=O)OC(=O)C21. The van der Waals surface area contributed by atoms with Crippen LogP contribution in [0.1, 0.15) is 26.2 Å². The molecule has 2 aliphatic carbocycles. The lowest BCUT2D eigenvalue weighted by atomic mass is 9.59. The third-order valence-corrected chi connectivity index (χ3v) is 5.51. The molecule has 6 nitrogen and oxygen atoms in total. The van der Waals surface area contributed by atoms with E-state index < -0.39 is 41.6 Å². The van der Waals surface area contributed by atoms with Crippen molar-refractivity contribution in [2.24, 2.45) is 29.6 Å². The lowest BCUT2D eigenvalue weighted by molar-refractivity contribution is -0.156. The molecule has 0 aromatic rings. The highest BCUT2D eigenvalue weighted by Crippen LogP contribution is 2.53. The maximum Gasteiger partial charge on any atom is 0.321 e. The molecule has 4 aliphatic rings. The molecule has 2 heterocycles. The molecular formula is C17H16O6. The van der Waals surface area contributed by atoms with Crippen LogP contribution in [0.25, 0.3) is 0 Å². The molecule has 0 aromatic carbocycles. The fourth-order valence-electron chi connectivity index (χ4n) is 4.49. The second-order valence-corrected chi connectivity index (χ2v) is 6.82. The van der Waals surface area contributed by atoms with E-state index in [2.05, 4.69) is 0 Å². The minimum Gasteiger partial charge on any atom is -0.393 e. The molecule has 5 atom stereocenters. The summed E-state index contributed by atoms with van der Waals surface area (Å²) < 4.78 is 9.52.